The molecule has 0 heterocycles. The summed E-state index contributed by atoms with van der Waals surface area (Å²) in [7, 11) is 0. The summed E-state index contributed by atoms with van der Waals surface area (Å²) in [5.74, 6) is 0. The maximum Gasteiger partial charge on any atom is 0.409 e. The van der Waals surface area contributed by atoms with Crippen LogP contribution in [0.2, 0.25) is 0 Å². The molecular weight excluding hydrogens is 250 g/mol. The summed E-state index contributed by atoms with van der Waals surface area (Å²) < 4.78 is 5.11. The molecule has 0 N–H and O–H groups in total. The van der Waals surface area contributed by atoms with Crippen molar-refractivity contribution in [2.24, 2.45) is 0 Å². The molecule has 0 radical (unpaired) electrons. The number of hydrogen-bond acceptors (Lipinski definition) is 2. The Balaban J connectivity index is 0. The van der Waals surface area contributed by atoms with Gasteiger partial charge >= 0.3 is 6.09 Å². The summed E-state index contributed by atoms with van der Waals surface area (Å²) in [6.45, 7) is 12.4. The largest absolute Gasteiger partial charge is 0.450 e. The number of amides is 1. The van der Waals surface area contributed by atoms with Gasteiger partial charge in [0.2, 0.25) is 0 Å². The van der Waals surface area contributed by atoms with Gasteiger partial charge < -0.3 is 9.64 Å². The Bertz CT molecular complexity index is 183. The molecule has 0 bridgehead atoms. The van der Waals surface area contributed by atoms with Crippen LogP contribution in [0.1, 0.15) is 86.0 Å². The van der Waals surface area contributed by atoms with Crippen molar-refractivity contribution in [1.29, 1.82) is 0 Å². The third kappa shape index (κ3) is 13.7. The van der Waals surface area contributed by atoms with Crippen LogP contribution in [0, 0.1) is 0 Å². The minimum atomic E-state index is -0.134. The monoisotopic (exact) mass is 287 g/mol. The molecule has 0 spiro atoms. The fourth-order valence-corrected chi connectivity index (χ4v) is 1.97. The summed E-state index contributed by atoms with van der Waals surface area (Å²) in [6.07, 6.45) is 9.46. The van der Waals surface area contributed by atoms with Gasteiger partial charge in [0.15, 0.2) is 0 Å². The van der Waals surface area contributed by atoms with Crippen molar-refractivity contribution in [3.8, 4) is 0 Å². The zero-order chi connectivity index (χ0) is 15.6. The number of carbonyl (C=O) groups is 1. The van der Waals surface area contributed by atoms with E-state index in [2.05, 4.69) is 13.8 Å². The third-order valence-corrected chi connectivity index (χ3v) is 3.09. The predicted molar refractivity (Wildman–Crippen MR) is 88.2 cm³/mol. The third-order valence-electron chi connectivity index (χ3n) is 3.09. The molecule has 0 aliphatic heterocycles. The maximum atomic E-state index is 11.8. The number of ether oxygens (including phenoxy) is 1. The van der Waals surface area contributed by atoms with Gasteiger partial charge in [0.1, 0.15) is 0 Å². The highest BCUT2D eigenvalue weighted by molar-refractivity contribution is 5.67. The second-order valence-corrected chi connectivity index (χ2v) is 4.81. The second kappa shape index (κ2) is 18.3. The highest BCUT2D eigenvalue weighted by atomic mass is 16.6. The van der Waals surface area contributed by atoms with E-state index in [1.807, 2.05) is 25.7 Å². The van der Waals surface area contributed by atoms with Crippen molar-refractivity contribution in [3.63, 3.8) is 0 Å². The van der Waals surface area contributed by atoms with E-state index >= 15 is 0 Å². The Kier molecular flexibility index (Phi) is 19.7. The van der Waals surface area contributed by atoms with Gasteiger partial charge in [-0.3, -0.25) is 0 Å². The van der Waals surface area contributed by atoms with Crippen molar-refractivity contribution in [2.75, 3.05) is 19.7 Å². The molecule has 122 valence electrons. The molecule has 0 saturated carbocycles. The maximum absolute atomic E-state index is 11.8. The molecule has 3 heteroatoms. The molecule has 0 aromatic rings. The molecule has 0 saturated heterocycles. The Morgan fingerprint density at radius 1 is 0.800 bits per heavy atom. The van der Waals surface area contributed by atoms with Crippen LogP contribution >= 0.6 is 0 Å². The molecule has 0 rings (SSSR count). The lowest BCUT2D eigenvalue weighted by Gasteiger charge is -2.21. The molecule has 0 aliphatic carbocycles. The van der Waals surface area contributed by atoms with Gasteiger partial charge in [0.05, 0.1) is 6.61 Å². The summed E-state index contributed by atoms with van der Waals surface area (Å²) in [6, 6.07) is 0. The molecular formula is C17H37NO2. The Morgan fingerprint density at radius 2 is 1.25 bits per heavy atom. The van der Waals surface area contributed by atoms with E-state index in [9.17, 15) is 4.79 Å². The molecule has 0 unspecified atom stereocenters. The van der Waals surface area contributed by atoms with Crippen LogP contribution in [-0.4, -0.2) is 30.7 Å². The quantitative estimate of drug-likeness (QED) is 0.461. The first-order valence-electron chi connectivity index (χ1n) is 8.67. The van der Waals surface area contributed by atoms with Crippen LogP contribution < -0.4 is 0 Å². The van der Waals surface area contributed by atoms with Crippen LogP contribution in [0.3, 0.4) is 0 Å². The molecule has 1 amide bonds. The average molecular weight is 287 g/mol. The standard InChI is InChI=1S/C15H31NO2.C2H6/c1-4-7-9-11-13-16(15(17)18-6-3)14-12-10-8-5-2;1-2/h4-14H2,1-3H3;1-2H3. The van der Waals surface area contributed by atoms with E-state index in [1.54, 1.807) is 0 Å². The first-order chi connectivity index (χ1) is 9.76. The number of nitrogens with zero attached hydrogens (tertiary/aromatic N) is 1. The molecule has 3 nitrogen and oxygen atoms in total. The molecule has 0 fully saturated rings. The van der Waals surface area contributed by atoms with Gasteiger partial charge in [-0.15, -0.1) is 0 Å². The van der Waals surface area contributed by atoms with Crippen molar-refractivity contribution < 1.29 is 9.53 Å². The lowest BCUT2D eigenvalue weighted by atomic mass is 10.2. The van der Waals surface area contributed by atoms with Crippen LogP contribution in [0.25, 0.3) is 0 Å². The summed E-state index contributed by atoms with van der Waals surface area (Å²) in [5, 5.41) is 0. The minimum absolute atomic E-state index is 0.134. The Hall–Kier alpha value is -0.730. The molecule has 0 atom stereocenters. The van der Waals surface area contributed by atoms with Gasteiger partial charge in [0, 0.05) is 13.1 Å². The average Bonchev–Trinajstić information content (AvgIpc) is 2.48. The lowest BCUT2D eigenvalue weighted by molar-refractivity contribution is 0.105. The fraction of sp³-hybridized carbons (Fsp3) is 0.941. The van der Waals surface area contributed by atoms with E-state index in [-0.39, 0.29) is 6.09 Å². The van der Waals surface area contributed by atoms with Gasteiger partial charge in [-0.2, -0.15) is 0 Å². The van der Waals surface area contributed by atoms with Crippen molar-refractivity contribution in [1.82, 2.24) is 4.90 Å². The minimum Gasteiger partial charge on any atom is -0.450 e. The zero-order valence-corrected chi connectivity index (χ0v) is 14.5. The Morgan fingerprint density at radius 3 is 1.60 bits per heavy atom. The molecule has 0 aliphatic rings. The highest BCUT2D eigenvalue weighted by Crippen LogP contribution is 2.06. The second-order valence-electron chi connectivity index (χ2n) is 4.81. The number of hydrogen-bond donors (Lipinski definition) is 0. The number of unbranched alkanes of at least 4 members (excludes halogenated alkanes) is 6. The molecule has 20 heavy (non-hydrogen) atoms. The summed E-state index contributed by atoms with van der Waals surface area (Å²) in [4.78, 5) is 13.7. The van der Waals surface area contributed by atoms with Gasteiger partial charge in [-0.25, -0.2) is 4.79 Å². The van der Waals surface area contributed by atoms with Gasteiger partial charge in [0.25, 0.3) is 0 Å². The molecule has 0 aromatic heterocycles. The van der Waals surface area contributed by atoms with E-state index in [0.29, 0.717) is 6.61 Å². The summed E-state index contributed by atoms with van der Waals surface area (Å²) >= 11 is 0. The van der Waals surface area contributed by atoms with Gasteiger partial charge in [-0.1, -0.05) is 66.2 Å². The predicted octanol–water partition coefficient (Wildman–Crippen LogP) is 5.63. The summed E-state index contributed by atoms with van der Waals surface area (Å²) in [5.41, 5.74) is 0. The van der Waals surface area contributed by atoms with Crippen molar-refractivity contribution in [3.05, 3.63) is 0 Å². The first kappa shape index (κ1) is 21.6. The first-order valence-corrected chi connectivity index (χ1v) is 8.67. The normalized spacial score (nSPS) is 9.65. The highest BCUT2D eigenvalue weighted by Gasteiger charge is 2.13. The fourth-order valence-electron chi connectivity index (χ4n) is 1.97. The van der Waals surface area contributed by atoms with Gasteiger partial charge in [-0.05, 0) is 19.8 Å². The Labute approximate surface area is 127 Å². The lowest BCUT2D eigenvalue weighted by Crippen LogP contribution is -2.33. The van der Waals surface area contributed by atoms with E-state index in [1.165, 1.54) is 38.5 Å². The van der Waals surface area contributed by atoms with Crippen LogP contribution in [0.4, 0.5) is 4.79 Å². The van der Waals surface area contributed by atoms with Crippen molar-refractivity contribution in [2.45, 2.75) is 86.0 Å². The van der Waals surface area contributed by atoms with E-state index in [4.69, 9.17) is 4.74 Å². The van der Waals surface area contributed by atoms with Crippen LogP contribution in [0.15, 0.2) is 0 Å². The number of rotatable bonds is 11. The van der Waals surface area contributed by atoms with E-state index < -0.39 is 0 Å². The van der Waals surface area contributed by atoms with Crippen LogP contribution in [0.5, 0.6) is 0 Å². The smallest absolute Gasteiger partial charge is 0.409 e. The van der Waals surface area contributed by atoms with Crippen LogP contribution in [-0.2, 0) is 4.74 Å². The number of carbonyl (C=O) groups excluding carboxylic acids is 1. The SMILES string of the molecule is CC.CCCCCCN(CCCCCC)C(=O)OCC. The zero-order valence-electron chi connectivity index (χ0n) is 14.5. The van der Waals surface area contributed by atoms with E-state index in [0.717, 1.165) is 25.9 Å². The molecule has 0 aromatic carbocycles. The van der Waals surface area contributed by atoms with Crippen molar-refractivity contribution >= 4 is 6.09 Å². The topological polar surface area (TPSA) is 29.5 Å².